The number of likely N-dealkylation sites (N-methyl/N-ethyl adjacent to an activating group) is 1. The second kappa shape index (κ2) is 8.27. The van der Waals surface area contributed by atoms with Crippen molar-refractivity contribution < 1.29 is 13.2 Å². The molecule has 0 aromatic heterocycles. The molecule has 0 radical (unpaired) electrons. The molecule has 5 nitrogen and oxygen atoms in total. The first kappa shape index (κ1) is 19.1. The van der Waals surface area contributed by atoms with E-state index in [0.29, 0.717) is 11.4 Å². The van der Waals surface area contributed by atoms with Crippen molar-refractivity contribution in [3.63, 3.8) is 0 Å². The Morgan fingerprint density at radius 1 is 1.08 bits per heavy atom. The van der Waals surface area contributed by atoms with Gasteiger partial charge in [0.25, 0.3) is 0 Å². The largest absolute Gasteiger partial charge is 0.351 e. The quantitative estimate of drug-likeness (QED) is 0.823. The number of rotatable bonds is 7. The van der Waals surface area contributed by atoms with Crippen molar-refractivity contribution in [1.82, 2.24) is 10.2 Å². The standard InChI is InChI=1S/C19H24N2O3S/c1-15(17-9-11-18(12-10-17)25(3,23)24)21(2)14-19(22)20-13-16-7-5-4-6-8-16/h4-12,15H,13-14H2,1-3H3,(H,20,22). The summed E-state index contributed by atoms with van der Waals surface area (Å²) < 4.78 is 23.0. The fraction of sp³-hybridized carbons (Fsp3) is 0.316. The summed E-state index contributed by atoms with van der Waals surface area (Å²) in [4.78, 5) is 14.3. The first-order chi connectivity index (χ1) is 11.8. The highest BCUT2D eigenvalue weighted by molar-refractivity contribution is 7.90. The van der Waals surface area contributed by atoms with E-state index in [0.717, 1.165) is 11.1 Å². The van der Waals surface area contributed by atoms with Crippen LogP contribution in [-0.4, -0.2) is 39.1 Å². The summed E-state index contributed by atoms with van der Waals surface area (Å²) in [7, 11) is -1.32. The predicted octanol–water partition coefficient (Wildman–Crippen LogP) is 2.40. The zero-order valence-electron chi connectivity index (χ0n) is 14.8. The van der Waals surface area contributed by atoms with Gasteiger partial charge in [0, 0.05) is 18.8 Å². The first-order valence-corrected chi connectivity index (χ1v) is 9.97. The number of amides is 1. The third-order valence-corrected chi connectivity index (χ3v) is 5.31. The molecule has 1 amide bonds. The number of sulfone groups is 1. The van der Waals surface area contributed by atoms with Crippen molar-refractivity contribution >= 4 is 15.7 Å². The van der Waals surface area contributed by atoms with Gasteiger partial charge < -0.3 is 5.32 Å². The van der Waals surface area contributed by atoms with Crippen LogP contribution in [0.2, 0.25) is 0 Å². The lowest BCUT2D eigenvalue weighted by molar-refractivity contribution is -0.122. The summed E-state index contributed by atoms with van der Waals surface area (Å²) in [6.45, 7) is 2.76. The number of benzene rings is 2. The first-order valence-electron chi connectivity index (χ1n) is 8.08. The van der Waals surface area contributed by atoms with E-state index in [2.05, 4.69) is 5.32 Å². The van der Waals surface area contributed by atoms with E-state index >= 15 is 0 Å². The Morgan fingerprint density at radius 3 is 2.24 bits per heavy atom. The maximum atomic E-state index is 12.1. The van der Waals surface area contributed by atoms with Gasteiger partial charge in [-0.3, -0.25) is 9.69 Å². The van der Waals surface area contributed by atoms with Crippen molar-refractivity contribution in [3.8, 4) is 0 Å². The smallest absolute Gasteiger partial charge is 0.234 e. The molecule has 0 aliphatic rings. The van der Waals surface area contributed by atoms with E-state index in [1.165, 1.54) is 6.26 Å². The van der Waals surface area contributed by atoms with Crippen LogP contribution in [0, 0.1) is 0 Å². The van der Waals surface area contributed by atoms with Crippen LogP contribution in [0.1, 0.15) is 24.1 Å². The SMILES string of the molecule is CC(c1ccc(S(C)(=O)=O)cc1)N(C)CC(=O)NCc1ccccc1. The van der Waals surface area contributed by atoms with Gasteiger partial charge in [-0.1, -0.05) is 42.5 Å². The number of carbonyl (C=O) groups is 1. The van der Waals surface area contributed by atoms with Crippen molar-refractivity contribution in [2.24, 2.45) is 0 Å². The van der Waals surface area contributed by atoms with E-state index in [1.807, 2.05) is 49.2 Å². The molecule has 0 bridgehead atoms. The Kier molecular flexibility index (Phi) is 6.33. The Morgan fingerprint density at radius 2 is 1.68 bits per heavy atom. The Balaban J connectivity index is 1.91. The molecule has 2 aromatic rings. The van der Waals surface area contributed by atoms with E-state index < -0.39 is 9.84 Å². The molecule has 2 aromatic carbocycles. The third-order valence-electron chi connectivity index (χ3n) is 4.18. The number of carbonyl (C=O) groups excluding carboxylic acids is 1. The summed E-state index contributed by atoms with van der Waals surface area (Å²) in [6, 6.07) is 16.5. The molecule has 0 heterocycles. The minimum absolute atomic E-state index is 0.00362. The minimum Gasteiger partial charge on any atom is -0.351 e. The summed E-state index contributed by atoms with van der Waals surface area (Å²) in [6.07, 6.45) is 1.19. The Hall–Kier alpha value is -2.18. The summed E-state index contributed by atoms with van der Waals surface area (Å²) in [5.41, 5.74) is 2.02. The molecule has 2 rings (SSSR count). The molecular formula is C19H24N2O3S. The Bertz CT molecular complexity index is 802. The molecule has 0 aliphatic heterocycles. The molecule has 6 heteroatoms. The molecule has 0 saturated carbocycles. The molecule has 0 saturated heterocycles. The minimum atomic E-state index is -3.20. The summed E-state index contributed by atoms with van der Waals surface area (Å²) >= 11 is 0. The molecule has 1 unspecified atom stereocenters. The number of hydrogen-bond donors (Lipinski definition) is 1. The van der Waals surface area contributed by atoms with Crippen LogP contribution in [0.15, 0.2) is 59.5 Å². The average Bonchev–Trinajstić information content (AvgIpc) is 2.59. The van der Waals surface area contributed by atoms with Crippen LogP contribution in [0.4, 0.5) is 0 Å². The molecular weight excluding hydrogens is 336 g/mol. The number of hydrogen-bond acceptors (Lipinski definition) is 4. The van der Waals surface area contributed by atoms with Gasteiger partial charge in [0.05, 0.1) is 11.4 Å². The van der Waals surface area contributed by atoms with Gasteiger partial charge in [-0.15, -0.1) is 0 Å². The zero-order valence-corrected chi connectivity index (χ0v) is 15.6. The topological polar surface area (TPSA) is 66.5 Å². The van der Waals surface area contributed by atoms with E-state index in [9.17, 15) is 13.2 Å². The normalized spacial score (nSPS) is 12.8. The van der Waals surface area contributed by atoms with Crippen LogP contribution in [-0.2, 0) is 21.2 Å². The van der Waals surface area contributed by atoms with E-state index in [-0.39, 0.29) is 18.5 Å². The second-order valence-corrected chi connectivity index (χ2v) is 8.21. The average molecular weight is 360 g/mol. The summed E-state index contributed by atoms with van der Waals surface area (Å²) in [5.74, 6) is -0.0500. The number of nitrogens with zero attached hydrogens (tertiary/aromatic N) is 1. The van der Waals surface area contributed by atoms with Crippen molar-refractivity contribution in [2.75, 3.05) is 19.8 Å². The van der Waals surface area contributed by atoms with Crippen molar-refractivity contribution in [2.45, 2.75) is 24.4 Å². The van der Waals surface area contributed by atoms with Crippen LogP contribution >= 0.6 is 0 Å². The van der Waals surface area contributed by atoms with Crippen molar-refractivity contribution in [3.05, 3.63) is 65.7 Å². The highest BCUT2D eigenvalue weighted by atomic mass is 32.2. The third kappa shape index (κ3) is 5.69. The van der Waals surface area contributed by atoms with Crippen molar-refractivity contribution in [1.29, 1.82) is 0 Å². The lowest BCUT2D eigenvalue weighted by atomic mass is 10.1. The van der Waals surface area contributed by atoms with Gasteiger partial charge in [0.2, 0.25) is 5.91 Å². The van der Waals surface area contributed by atoms with Gasteiger partial charge in [-0.2, -0.15) is 0 Å². The fourth-order valence-electron chi connectivity index (χ4n) is 2.46. The van der Waals surface area contributed by atoms with E-state index in [1.54, 1.807) is 24.3 Å². The van der Waals surface area contributed by atoms with Crippen LogP contribution in [0.5, 0.6) is 0 Å². The molecule has 0 spiro atoms. The lowest BCUT2D eigenvalue weighted by Gasteiger charge is -2.24. The number of nitrogens with one attached hydrogen (secondary N) is 1. The maximum Gasteiger partial charge on any atom is 0.234 e. The molecule has 1 atom stereocenters. The maximum absolute atomic E-state index is 12.1. The lowest BCUT2D eigenvalue weighted by Crippen LogP contribution is -2.36. The highest BCUT2D eigenvalue weighted by Crippen LogP contribution is 2.20. The Labute approximate surface area is 149 Å². The fourth-order valence-corrected chi connectivity index (χ4v) is 3.09. The molecule has 25 heavy (non-hydrogen) atoms. The van der Waals surface area contributed by atoms with Gasteiger partial charge in [0.15, 0.2) is 9.84 Å². The highest BCUT2D eigenvalue weighted by Gasteiger charge is 2.16. The van der Waals surface area contributed by atoms with E-state index in [4.69, 9.17) is 0 Å². The zero-order chi connectivity index (χ0) is 18.4. The second-order valence-electron chi connectivity index (χ2n) is 6.19. The molecule has 1 N–H and O–H groups in total. The monoisotopic (exact) mass is 360 g/mol. The van der Waals surface area contributed by atoms with Crippen LogP contribution < -0.4 is 5.32 Å². The molecule has 0 fully saturated rings. The summed E-state index contributed by atoms with van der Waals surface area (Å²) in [5, 5.41) is 2.91. The van der Waals surface area contributed by atoms with Crippen LogP contribution in [0.25, 0.3) is 0 Å². The van der Waals surface area contributed by atoms with Gasteiger partial charge in [-0.25, -0.2) is 8.42 Å². The van der Waals surface area contributed by atoms with Gasteiger partial charge in [0.1, 0.15) is 0 Å². The molecule has 134 valence electrons. The van der Waals surface area contributed by atoms with Crippen LogP contribution in [0.3, 0.4) is 0 Å². The van der Waals surface area contributed by atoms with Gasteiger partial charge >= 0.3 is 0 Å². The van der Waals surface area contributed by atoms with Gasteiger partial charge in [-0.05, 0) is 37.2 Å². The predicted molar refractivity (Wildman–Crippen MR) is 98.9 cm³/mol. The molecule has 0 aliphatic carbocycles.